The first-order chi connectivity index (χ1) is 9.53. The highest BCUT2D eigenvalue weighted by Crippen LogP contribution is 2.28. The van der Waals surface area contributed by atoms with Crippen molar-refractivity contribution in [2.75, 3.05) is 13.6 Å². The van der Waals surface area contributed by atoms with Gasteiger partial charge in [0.05, 0.1) is 5.75 Å². The van der Waals surface area contributed by atoms with Crippen molar-refractivity contribution in [3.8, 4) is 0 Å². The summed E-state index contributed by atoms with van der Waals surface area (Å²) in [6, 6.07) is 8.08. The summed E-state index contributed by atoms with van der Waals surface area (Å²) in [6.07, 6.45) is 3.09. The van der Waals surface area contributed by atoms with E-state index >= 15 is 0 Å². The average molecular weight is 296 g/mol. The lowest BCUT2D eigenvalue weighted by atomic mass is 10.1. The highest BCUT2D eigenvalue weighted by atomic mass is 32.2. The molecule has 2 rings (SSSR count). The van der Waals surface area contributed by atoms with E-state index in [1.54, 1.807) is 7.05 Å². The van der Waals surface area contributed by atoms with Crippen LogP contribution in [-0.4, -0.2) is 32.4 Å². The van der Waals surface area contributed by atoms with Gasteiger partial charge in [0.2, 0.25) is 10.0 Å². The molecule has 0 unspecified atom stereocenters. The molecule has 1 aromatic carbocycles. The van der Waals surface area contributed by atoms with E-state index in [9.17, 15) is 8.42 Å². The smallest absolute Gasteiger partial charge is 0.218 e. The third-order valence-electron chi connectivity index (χ3n) is 3.60. The number of nitrogens with zero attached hydrogens (tertiary/aromatic N) is 1. The molecule has 0 atom stereocenters. The SMILES string of the molecule is CCCNCc1cccc(CS(=O)(=O)N(C)C2CC2)c1. The van der Waals surface area contributed by atoms with Crippen molar-refractivity contribution in [3.63, 3.8) is 0 Å². The lowest BCUT2D eigenvalue weighted by molar-refractivity contribution is 0.463. The van der Waals surface area contributed by atoms with Crippen molar-refractivity contribution < 1.29 is 8.42 Å². The van der Waals surface area contributed by atoms with Crippen molar-refractivity contribution in [2.45, 2.75) is 44.5 Å². The Kier molecular flexibility index (Phi) is 5.18. The molecule has 0 amide bonds. The Hall–Kier alpha value is -0.910. The fourth-order valence-electron chi connectivity index (χ4n) is 2.22. The Balaban J connectivity index is 1.99. The van der Waals surface area contributed by atoms with Crippen LogP contribution in [0.1, 0.15) is 37.3 Å². The normalized spacial score (nSPS) is 15.8. The van der Waals surface area contributed by atoms with E-state index in [-0.39, 0.29) is 11.8 Å². The molecule has 1 fully saturated rings. The molecule has 0 radical (unpaired) electrons. The maximum absolute atomic E-state index is 12.3. The maximum atomic E-state index is 12.3. The lowest BCUT2D eigenvalue weighted by Crippen LogP contribution is -2.30. The van der Waals surface area contributed by atoms with Crippen molar-refractivity contribution in [3.05, 3.63) is 35.4 Å². The average Bonchev–Trinajstić information content (AvgIpc) is 3.22. The summed E-state index contributed by atoms with van der Waals surface area (Å²) in [5, 5.41) is 3.33. The Bertz CT molecular complexity index is 539. The van der Waals surface area contributed by atoms with Gasteiger partial charge in [0.1, 0.15) is 0 Å². The van der Waals surface area contributed by atoms with Crippen molar-refractivity contribution in [1.82, 2.24) is 9.62 Å². The fraction of sp³-hybridized carbons (Fsp3) is 0.600. The van der Waals surface area contributed by atoms with Gasteiger partial charge >= 0.3 is 0 Å². The van der Waals surface area contributed by atoms with Gasteiger partial charge in [-0.3, -0.25) is 0 Å². The molecule has 0 saturated heterocycles. The number of hydrogen-bond acceptors (Lipinski definition) is 3. The molecule has 112 valence electrons. The van der Waals surface area contributed by atoms with Gasteiger partial charge < -0.3 is 5.32 Å². The van der Waals surface area contributed by atoms with Gasteiger partial charge in [-0.2, -0.15) is 0 Å². The quantitative estimate of drug-likeness (QED) is 0.748. The van der Waals surface area contributed by atoms with Crippen molar-refractivity contribution in [1.29, 1.82) is 0 Å². The van der Waals surface area contributed by atoms with Gasteiger partial charge in [-0.15, -0.1) is 0 Å². The number of rotatable bonds is 8. The van der Waals surface area contributed by atoms with Gasteiger partial charge in [-0.05, 0) is 36.9 Å². The number of benzene rings is 1. The highest BCUT2D eigenvalue weighted by molar-refractivity contribution is 7.88. The fourth-order valence-corrected chi connectivity index (χ4v) is 3.69. The Morgan fingerprint density at radius 2 is 2.00 bits per heavy atom. The van der Waals surface area contributed by atoms with Gasteiger partial charge in [0.15, 0.2) is 0 Å². The molecule has 0 aromatic heterocycles. The largest absolute Gasteiger partial charge is 0.313 e. The Labute approximate surface area is 122 Å². The molecule has 4 nitrogen and oxygen atoms in total. The zero-order chi connectivity index (χ0) is 14.6. The summed E-state index contributed by atoms with van der Waals surface area (Å²) < 4.78 is 26.1. The minimum Gasteiger partial charge on any atom is -0.313 e. The van der Waals surface area contributed by atoms with Gasteiger partial charge in [0.25, 0.3) is 0 Å². The van der Waals surface area contributed by atoms with Crippen LogP contribution in [0.2, 0.25) is 0 Å². The second-order valence-corrected chi connectivity index (χ2v) is 7.53. The first-order valence-electron chi connectivity index (χ1n) is 7.27. The van der Waals surface area contributed by atoms with Crippen LogP contribution in [0.25, 0.3) is 0 Å². The molecule has 0 heterocycles. The summed E-state index contributed by atoms with van der Waals surface area (Å²) >= 11 is 0. The van der Waals surface area contributed by atoms with Crippen LogP contribution in [0.4, 0.5) is 0 Å². The molecule has 5 heteroatoms. The molecular weight excluding hydrogens is 272 g/mol. The first-order valence-corrected chi connectivity index (χ1v) is 8.88. The second kappa shape index (κ2) is 6.70. The molecular formula is C15H24N2O2S. The third-order valence-corrected chi connectivity index (χ3v) is 5.47. The van der Waals surface area contributed by atoms with E-state index < -0.39 is 10.0 Å². The molecule has 0 spiro atoms. The maximum Gasteiger partial charge on any atom is 0.218 e. The predicted octanol–water partition coefficient (Wildman–Crippen LogP) is 2.11. The number of nitrogens with one attached hydrogen (secondary N) is 1. The van der Waals surface area contributed by atoms with Crippen LogP contribution in [0.5, 0.6) is 0 Å². The molecule has 0 aliphatic heterocycles. The van der Waals surface area contributed by atoms with Crippen LogP contribution in [0.15, 0.2) is 24.3 Å². The van der Waals surface area contributed by atoms with E-state index in [1.807, 2.05) is 24.3 Å². The standard InChI is InChI=1S/C15H24N2O2S/c1-3-9-16-11-13-5-4-6-14(10-13)12-20(18,19)17(2)15-7-8-15/h4-6,10,15-16H,3,7-9,11-12H2,1-2H3. The van der Waals surface area contributed by atoms with E-state index in [0.29, 0.717) is 0 Å². The minimum absolute atomic E-state index is 0.0988. The lowest BCUT2D eigenvalue weighted by Gasteiger charge is -2.16. The Morgan fingerprint density at radius 3 is 2.65 bits per heavy atom. The van der Waals surface area contributed by atoms with Crippen LogP contribution >= 0.6 is 0 Å². The van der Waals surface area contributed by atoms with Crippen LogP contribution in [0, 0.1) is 0 Å². The molecule has 1 aliphatic rings. The minimum atomic E-state index is -3.18. The zero-order valence-electron chi connectivity index (χ0n) is 12.3. The zero-order valence-corrected chi connectivity index (χ0v) is 13.1. The first kappa shape index (κ1) is 15.5. The Morgan fingerprint density at radius 1 is 1.30 bits per heavy atom. The topological polar surface area (TPSA) is 49.4 Å². The van der Waals surface area contributed by atoms with Crippen LogP contribution < -0.4 is 5.32 Å². The van der Waals surface area contributed by atoms with Crippen LogP contribution in [-0.2, 0) is 22.3 Å². The summed E-state index contributed by atoms with van der Waals surface area (Å²) in [5.41, 5.74) is 2.01. The summed E-state index contributed by atoms with van der Waals surface area (Å²) in [7, 11) is -1.48. The van der Waals surface area contributed by atoms with E-state index in [1.165, 1.54) is 4.31 Å². The molecule has 1 aromatic rings. The molecule has 1 saturated carbocycles. The second-order valence-electron chi connectivity index (χ2n) is 5.50. The molecule has 20 heavy (non-hydrogen) atoms. The highest BCUT2D eigenvalue weighted by Gasteiger charge is 2.33. The summed E-state index contributed by atoms with van der Waals surface area (Å²) in [6.45, 7) is 3.90. The number of hydrogen-bond donors (Lipinski definition) is 1. The monoisotopic (exact) mass is 296 g/mol. The molecule has 0 bridgehead atoms. The van der Waals surface area contributed by atoms with E-state index in [4.69, 9.17) is 0 Å². The van der Waals surface area contributed by atoms with Crippen LogP contribution in [0.3, 0.4) is 0 Å². The van der Waals surface area contributed by atoms with Crippen molar-refractivity contribution >= 4 is 10.0 Å². The predicted molar refractivity (Wildman–Crippen MR) is 81.8 cm³/mol. The van der Waals surface area contributed by atoms with Gasteiger partial charge in [0, 0.05) is 19.6 Å². The summed E-state index contributed by atoms with van der Waals surface area (Å²) in [4.78, 5) is 0. The van der Waals surface area contributed by atoms with Gasteiger partial charge in [-0.25, -0.2) is 12.7 Å². The van der Waals surface area contributed by atoms with Crippen molar-refractivity contribution in [2.24, 2.45) is 0 Å². The summed E-state index contributed by atoms with van der Waals surface area (Å²) in [5.74, 6) is 0.0988. The van der Waals surface area contributed by atoms with Gasteiger partial charge in [-0.1, -0.05) is 31.2 Å². The molecule has 1 N–H and O–H groups in total. The van der Waals surface area contributed by atoms with E-state index in [0.717, 1.165) is 43.5 Å². The van der Waals surface area contributed by atoms with E-state index in [2.05, 4.69) is 12.2 Å². The third kappa shape index (κ3) is 4.30. The number of sulfonamides is 1. The molecule has 1 aliphatic carbocycles.